The fourth-order valence-electron chi connectivity index (χ4n) is 5.20. The Kier molecular flexibility index (Phi) is 6.85. The molecule has 2 heterocycles. The standard InChI is InChI=1S/C30H12Br2F6N2O4/c31-21-9-17(19(29(33,34)35)11-23(21)39-25(41)13-5-1-2-6-14(13)26(39)42)18-10-22(32)24(12-20(18)30(36,37)38)40-27(43)15-7-3-4-8-16(15)28(40)44/h1-12H. The minimum absolute atomic E-state index is 0.0472. The number of carbonyl (C=O) groups excluding carboxylic acids is 4. The van der Waals surface area contributed by atoms with E-state index in [1.807, 2.05) is 0 Å². The molecule has 0 spiro atoms. The van der Waals surface area contributed by atoms with Crippen molar-refractivity contribution in [1.82, 2.24) is 0 Å². The van der Waals surface area contributed by atoms with Gasteiger partial charge in [-0.3, -0.25) is 19.2 Å². The Balaban J connectivity index is 1.54. The van der Waals surface area contributed by atoms with Gasteiger partial charge in [0, 0.05) is 8.95 Å². The van der Waals surface area contributed by atoms with E-state index in [1.165, 1.54) is 48.5 Å². The number of anilines is 2. The van der Waals surface area contributed by atoms with E-state index in [-0.39, 0.29) is 31.2 Å². The zero-order valence-electron chi connectivity index (χ0n) is 21.5. The maximum atomic E-state index is 14.5. The van der Waals surface area contributed by atoms with Crippen molar-refractivity contribution in [1.29, 1.82) is 0 Å². The van der Waals surface area contributed by atoms with Crippen molar-refractivity contribution in [3.63, 3.8) is 0 Å². The van der Waals surface area contributed by atoms with E-state index in [0.717, 1.165) is 12.1 Å². The zero-order chi connectivity index (χ0) is 31.9. The fourth-order valence-corrected chi connectivity index (χ4v) is 6.24. The van der Waals surface area contributed by atoms with Crippen LogP contribution in [0, 0.1) is 0 Å². The van der Waals surface area contributed by atoms with Crippen LogP contribution in [-0.4, -0.2) is 23.6 Å². The average Bonchev–Trinajstić information content (AvgIpc) is 3.36. The van der Waals surface area contributed by atoms with E-state index in [0.29, 0.717) is 21.9 Å². The van der Waals surface area contributed by atoms with Crippen LogP contribution in [0.3, 0.4) is 0 Å². The first-order valence-corrected chi connectivity index (χ1v) is 14.0. The second kappa shape index (κ2) is 10.1. The van der Waals surface area contributed by atoms with Crippen molar-refractivity contribution in [3.05, 3.63) is 115 Å². The Bertz CT molecular complexity index is 1760. The van der Waals surface area contributed by atoms with Gasteiger partial charge < -0.3 is 0 Å². The number of alkyl halides is 6. The van der Waals surface area contributed by atoms with Crippen molar-refractivity contribution < 1.29 is 45.5 Å². The molecule has 0 saturated heterocycles. The number of nitrogens with zero attached hydrogens (tertiary/aromatic N) is 2. The van der Waals surface area contributed by atoms with Crippen molar-refractivity contribution in [2.75, 3.05) is 9.80 Å². The molecule has 14 heteroatoms. The third kappa shape index (κ3) is 4.54. The molecule has 0 fully saturated rings. The van der Waals surface area contributed by atoms with E-state index >= 15 is 0 Å². The average molecular weight is 738 g/mol. The summed E-state index contributed by atoms with van der Waals surface area (Å²) in [5.41, 5.74) is -6.26. The molecule has 222 valence electrons. The molecule has 0 N–H and O–H groups in total. The van der Waals surface area contributed by atoms with Crippen molar-refractivity contribution in [3.8, 4) is 11.1 Å². The van der Waals surface area contributed by atoms with Gasteiger partial charge in [-0.25, -0.2) is 9.80 Å². The number of amides is 4. The summed E-state index contributed by atoms with van der Waals surface area (Å²) in [6.45, 7) is 0. The summed E-state index contributed by atoms with van der Waals surface area (Å²) >= 11 is 6.09. The number of fused-ring (bicyclic) bond motifs is 2. The first-order chi connectivity index (χ1) is 20.6. The third-order valence-corrected chi connectivity index (χ3v) is 8.42. The molecule has 44 heavy (non-hydrogen) atoms. The summed E-state index contributed by atoms with van der Waals surface area (Å²) in [6.07, 6.45) is -10.5. The van der Waals surface area contributed by atoms with Crippen LogP contribution < -0.4 is 9.80 Å². The van der Waals surface area contributed by atoms with Crippen LogP contribution >= 0.6 is 31.9 Å². The lowest BCUT2D eigenvalue weighted by molar-refractivity contribution is -0.139. The summed E-state index contributed by atoms with van der Waals surface area (Å²) in [5.74, 6) is -3.63. The van der Waals surface area contributed by atoms with E-state index in [4.69, 9.17) is 0 Å². The monoisotopic (exact) mass is 736 g/mol. The summed E-state index contributed by atoms with van der Waals surface area (Å²) in [7, 11) is 0. The van der Waals surface area contributed by atoms with Gasteiger partial charge in [-0.1, -0.05) is 24.3 Å². The molecule has 4 amide bonds. The summed E-state index contributed by atoms with van der Waals surface area (Å²) < 4.78 is 86.5. The highest BCUT2D eigenvalue weighted by Gasteiger charge is 2.44. The third-order valence-electron chi connectivity index (χ3n) is 7.14. The van der Waals surface area contributed by atoms with Gasteiger partial charge >= 0.3 is 12.4 Å². The van der Waals surface area contributed by atoms with Crippen LogP contribution in [0.1, 0.15) is 52.6 Å². The Morgan fingerprint density at radius 1 is 0.455 bits per heavy atom. The summed E-state index contributed by atoms with van der Waals surface area (Å²) in [6, 6.07) is 13.5. The van der Waals surface area contributed by atoms with Gasteiger partial charge in [-0.2, -0.15) is 26.3 Å². The molecule has 0 aromatic heterocycles. The van der Waals surface area contributed by atoms with Crippen LogP contribution in [0.25, 0.3) is 11.1 Å². The van der Waals surface area contributed by atoms with Gasteiger partial charge in [0.2, 0.25) is 0 Å². The Morgan fingerprint density at radius 2 is 0.727 bits per heavy atom. The largest absolute Gasteiger partial charge is 0.417 e. The number of carbonyl (C=O) groups is 4. The number of rotatable bonds is 3. The van der Waals surface area contributed by atoms with E-state index < -0.39 is 69.6 Å². The molecular formula is C30H12Br2F6N2O4. The highest BCUT2D eigenvalue weighted by molar-refractivity contribution is 9.11. The first-order valence-electron chi connectivity index (χ1n) is 12.4. The number of hydrogen-bond acceptors (Lipinski definition) is 4. The molecule has 0 atom stereocenters. The molecule has 6 rings (SSSR count). The summed E-state index contributed by atoms with van der Waals surface area (Å²) in [5, 5.41) is 0. The second-order valence-corrected chi connectivity index (χ2v) is 11.4. The lowest BCUT2D eigenvalue weighted by Gasteiger charge is -2.24. The maximum Gasteiger partial charge on any atom is 0.417 e. The molecule has 0 aliphatic carbocycles. The molecule has 4 aromatic carbocycles. The fraction of sp³-hybridized carbons (Fsp3) is 0.0667. The van der Waals surface area contributed by atoms with Crippen LogP contribution in [0.15, 0.2) is 81.7 Å². The molecule has 6 nitrogen and oxygen atoms in total. The molecule has 0 bridgehead atoms. The summed E-state index contributed by atoms with van der Waals surface area (Å²) in [4.78, 5) is 53.0. The van der Waals surface area contributed by atoms with Crippen molar-refractivity contribution in [2.24, 2.45) is 0 Å². The highest BCUT2D eigenvalue weighted by Crippen LogP contribution is 2.49. The Hall–Kier alpha value is -4.30. The predicted molar refractivity (Wildman–Crippen MR) is 152 cm³/mol. The maximum absolute atomic E-state index is 14.5. The highest BCUT2D eigenvalue weighted by atomic mass is 79.9. The van der Waals surface area contributed by atoms with E-state index in [1.54, 1.807) is 0 Å². The van der Waals surface area contributed by atoms with Crippen molar-refractivity contribution in [2.45, 2.75) is 12.4 Å². The van der Waals surface area contributed by atoms with Crippen LogP contribution in [0.2, 0.25) is 0 Å². The molecule has 0 saturated carbocycles. The van der Waals surface area contributed by atoms with Gasteiger partial charge in [-0.05, 0) is 91.5 Å². The van der Waals surface area contributed by atoms with Gasteiger partial charge in [-0.15, -0.1) is 0 Å². The molecule has 4 aromatic rings. The topological polar surface area (TPSA) is 74.8 Å². The predicted octanol–water partition coefficient (Wildman–Crippen LogP) is 8.52. The lowest BCUT2D eigenvalue weighted by Crippen LogP contribution is -2.30. The van der Waals surface area contributed by atoms with Gasteiger partial charge in [0.15, 0.2) is 0 Å². The van der Waals surface area contributed by atoms with Gasteiger partial charge in [0.1, 0.15) is 0 Å². The van der Waals surface area contributed by atoms with Crippen LogP contribution in [0.5, 0.6) is 0 Å². The van der Waals surface area contributed by atoms with Crippen molar-refractivity contribution >= 4 is 66.9 Å². The lowest BCUT2D eigenvalue weighted by atomic mass is 9.93. The van der Waals surface area contributed by atoms with Crippen LogP contribution in [-0.2, 0) is 12.4 Å². The smallest absolute Gasteiger partial charge is 0.268 e. The normalized spacial score (nSPS) is 14.9. The molecule has 0 radical (unpaired) electrons. The quantitative estimate of drug-likeness (QED) is 0.156. The zero-order valence-corrected chi connectivity index (χ0v) is 24.7. The molecular weight excluding hydrogens is 726 g/mol. The number of benzene rings is 4. The van der Waals surface area contributed by atoms with Gasteiger partial charge in [0.25, 0.3) is 23.6 Å². The molecule has 2 aliphatic rings. The van der Waals surface area contributed by atoms with E-state index in [9.17, 15) is 45.5 Å². The minimum Gasteiger partial charge on any atom is -0.268 e. The van der Waals surface area contributed by atoms with Crippen LogP contribution in [0.4, 0.5) is 37.7 Å². The number of imide groups is 2. The van der Waals surface area contributed by atoms with E-state index in [2.05, 4.69) is 31.9 Å². The van der Waals surface area contributed by atoms with Gasteiger partial charge in [0.05, 0.1) is 44.8 Å². The Morgan fingerprint density at radius 3 is 0.977 bits per heavy atom. The second-order valence-electron chi connectivity index (χ2n) is 9.68. The first kappa shape index (κ1) is 29.8. The number of hydrogen-bond donors (Lipinski definition) is 0. The minimum atomic E-state index is -5.25. The molecule has 0 unspecified atom stereocenters. The molecule has 2 aliphatic heterocycles. The Labute approximate surface area is 260 Å². The number of halogens is 8. The SMILES string of the molecule is O=C1c2ccccc2C(=O)N1c1cc(C(F)(F)F)c(-c2cc(Br)c(N3C(=O)c4ccccc4C3=O)cc2C(F)(F)F)cc1Br.